The molecule has 5 heteroatoms. The molecule has 0 aliphatic carbocycles. The van der Waals surface area contributed by atoms with Crippen molar-refractivity contribution < 1.29 is 14.6 Å². The van der Waals surface area contributed by atoms with Gasteiger partial charge in [0.2, 0.25) is 0 Å². The number of amides is 1. The number of benzene rings is 1. The molecule has 0 bridgehead atoms. The lowest BCUT2D eigenvalue weighted by Gasteiger charge is -2.11. The number of aliphatic hydroxyl groups is 1. The van der Waals surface area contributed by atoms with Crippen LogP contribution in [0.25, 0.3) is 0 Å². The van der Waals surface area contributed by atoms with Crippen LogP contribution in [0.1, 0.15) is 30.6 Å². The van der Waals surface area contributed by atoms with Crippen LogP contribution in [0.2, 0.25) is 0 Å². The van der Waals surface area contributed by atoms with Gasteiger partial charge in [-0.3, -0.25) is 4.79 Å². The van der Waals surface area contributed by atoms with E-state index in [0.717, 1.165) is 11.1 Å². The van der Waals surface area contributed by atoms with Crippen LogP contribution in [0.3, 0.4) is 0 Å². The first kappa shape index (κ1) is 15.0. The molecule has 0 aromatic heterocycles. The molecule has 0 saturated carbocycles. The molecule has 5 nitrogen and oxygen atoms in total. The van der Waals surface area contributed by atoms with Gasteiger partial charge in [0, 0.05) is 6.54 Å². The van der Waals surface area contributed by atoms with Gasteiger partial charge in [-0.1, -0.05) is 6.07 Å². The number of ether oxygens (including phenoxy) is 1. The fourth-order valence-electron chi connectivity index (χ4n) is 1.55. The Morgan fingerprint density at radius 3 is 2.89 bits per heavy atom. The molecule has 0 saturated heterocycles. The number of nitrogens with zero attached hydrogens (tertiary/aromatic N) is 1. The standard InChI is InChI=1S/C14H18N2O3/c1-10-8-12(11(2)17)4-5-13(10)19-9-14(18)16-7-3-6-15/h4-5,8,11,17H,3,7,9H2,1-2H3,(H,16,18)/t11-/m1/s1. The number of carbonyl (C=O) groups is 1. The Labute approximate surface area is 112 Å². The van der Waals surface area contributed by atoms with Crippen molar-refractivity contribution in [2.24, 2.45) is 0 Å². The Morgan fingerprint density at radius 2 is 2.32 bits per heavy atom. The zero-order valence-electron chi connectivity index (χ0n) is 11.1. The number of rotatable bonds is 6. The van der Waals surface area contributed by atoms with Gasteiger partial charge in [0.15, 0.2) is 6.61 Å². The van der Waals surface area contributed by atoms with Gasteiger partial charge in [0.05, 0.1) is 18.6 Å². The SMILES string of the molecule is Cc1cc([C@@H](C)O)ccc1OCC(=O)NCCC#N. The summed E-state index contributed by atoms with van der Waals surface area (Å²) in [6, 6.07) is 7.27. The average molecular weight is 262 g/mol. The second-order valence-electron chi connectivity index (χ2n) is 4.25. The predicted molar refractivity (Wildman–Crippen MR) is 70.5 cm³/mol. The number of nitrogens with one attached hydrogen (secondary N) is 1. The maximum Gasteiger partial charge on any atom is 0.257 e. The Hall–Kier alpha value is -2.06. The molecule has 19 heavy (non-hydrogen) atoms. The molecular weight excluding hydrogens is 244 g/mol. The minimum absolute atomic E-state index is 0.0830. The summed E-state index contributed by atoms with van der Waals surface area (Å²) in [5, 5.41) is 20.4. The molecule has 1 rings (SSSR count). The summed E-state index contributed by atoms with van der Waals surface area (Å²) >= 11 is 0. The lowest BCUT2D eigenvalue weighted by molar-refractivity contribution is -0.123. The molecule has 0 aliphatic heterocycles. The molecule has 0 unspecified atom stereocenters. The van der Waals surface area contributed by atoms with E-state index in [1.165, 1.54) is 0 Å². The molecule has 1 aromatic rings. The molecular formula is C14H18N2O3. The van der Waals surface area contributed by atoms with E-state index in [-0.39, 0.29) is 18.9 Å². The maximum absolute atomic E-state index is 11.4. The van der Waals surface area contributed by atoms with Gasteiger partial charge in [-0.2, -0.15) is 5.26 Å². The molecule has 1 aromatic carbocycles. The Kier molecular flexibility index (Phi) is 5.83. The monoisotopic (exact) mass is 262 g/mol. The molecule has 0 aliphatic rings. The van der Waals surface area contributed by atoms with Gasteiger partial charge in [-0.05, 0) is 37.1 Å². The van der Waals surface area contributed by atoms with Gasteiger partial charge in [0.25, 0.3) is 5.91 Å². The average Bonchev–Trinajstić information content (AvgIpc) is 2.37. The quantitative estimate of drug-likeness (QED) is 0.760. The predicted octanol–water partition coefficient (Wildman–Crippen LogP) is 1.46. The minimum atomic E-state index is -0.526. The summed E-state index contributed by atoms with van der Waals surface area (Å²) in [6.07, 6.45) is -0.240. The van der Waals surface area contributed by atoms with Gasteiger partial charge in [-0.25, -0.2) is 0 Å². The van der Waals surface area contributed by atoms with E-state index >= 15 is 0 Å². The summed E-state index contributed by atoms with van der Waals surface area (Å²) in [5.74, 6) is 0.356. The first-order chi connectivity index (χ1) is 9.04. The van der Waals surface area contributed by atoms with Crippen molar-refractivity contribution in [1.29, 1.82) is 5.26 Å². The van der Waals surface area contributed by atoms with Crippen molar-refractivity contribution in [3.63, 3.8) is 0 Å². The van der Waals surface area contributed by atoms with Crippen LogP contribution in [-0.4, -0.2) is 24.2 Å². The van der Waals surface area contributed by atoms with Crippen LogP contribution in [0, 0.1) is 18.3 Å². The number of aliphatic hydroxyl groups excluding tert-OH is 1. The fraction of sp³-hybridized carbons (Fsp3) is 0.429. The van der Waals surface area contributed by atoms with Crippen LogP contribution in [0.15, 0.2) is 18.2 Å². The molecule has 102 valence electrons. The molecule has 2 N–H and O–H groups in total. The molecule has 0 heterocycles. The van der Waals surface area contributed by atoms with Crippen molar-refractivity contribution in [1.82, 2.24) is 5.32 Å². The summed E-state index contributed by atoms with van der Waals surface area (Å²) < 4.78 is 5.39. The van der Waals surface area contributed by atoms with Crippen LogP contribution in [-0.2, 0) is 4.79 Å². The molecule has 0 fully saturated rings. The number of aryl methyl sites for hydroxylation is 1. The van der Waals surface area contributed by atoms with E-state index in [0.29, 0.717) is 12.3 Å². The van der Waals surface area contributed by atoms with Crippen molar-refractivity contribution >= 4 is 5.91 Å². The third-order valence-corrected chi connectivity index (χ3v) is 2.60. The van der Waals surface area contributed by atoms with Gasteiger partial charge in [-0.15, -0.1) is 0 Å². The van der Waals surface area contributed by atoms with Crippen LogP contribution < -0.4 is 10.1 Å². The Bertz CT molecular complexity index is 478. The van der Waals surface area contributed by atoms with Crippen LogP contribution in [0.4, 0.5) is 0 Å². The van der Waals surface area contributed by atoms with Gasteiger partial charge in [0.1, 0.15) is 5.75 Å². The normalized spacial score (nSPS) is 11.5. The third kappa shape index (κ3) is 4.98. The molecule has 0 spiro atoms. The van der Waals surface area contributed by atoms with E-state index in [4.69, 9.17) is 10.00 Å². The van der Waals surface area contributed by atoms with Gasteiger partial charge >= 0.3 is 0 Å². The van der Waals surface area contributed by atoms with E-state index in [2.05, 4.69) is 5.32 Å². The first-order valence-corrected chi connectivity index (χ1v) is 6.09. The molecule has 1 atom stereocenters. The fourth-order valence-corrected chi connectivity index (χ4v) is 1.55. The summed E-state index contributed by atoms with van der Waals surface area (Å²) in [5.41, 5.74) is 1.67. The van der Waals surface area contributed by atoms with Crippen LogP contribution in [0.5, 0.6) is 5.75 Å². The lowest BCUT2D eigenvalue weighted by atomic mass is 10.1. The first-order valence-electron chi connectivity index (χ1n) is 6.09. The molecule has 1 amide bonds. The van der Waals surface area contributed by atoms with E-state index in [1.807, 2.05) is 19.1 Å². The third-order valence-electron chi connectivity index (χ3n) is 2.60. The summed E-state index contributed by atoms with van der Waals surface area (Å²) in [6.45, 7) is 3.80. The van der Waals surface area contributed by atoms with Crippen molar-refractivity contribution in [3.05, 3.63) is 29.3 Å². The number of carbonyl (C=O) groups excluding carboxylic acids is 1. The maximum atomic E-state index is 11.4. The highest BCUT2D eigenvalue weighted by Gasteiger charge is 2.07. The van der Waals surface area contributed by atoms with Gasteiger partial charge < -0.3 is 15.2 Å². The number of nitriles is 1. The zero-order chi connectivity index (χ0) is 14.3. The van der Waals surface area contributed by atoms with Crippen molar-refractivity contribution in [2.45, 2.75) is 26.4 Å². The second kappa shape index (κ2) is 7.39. The zero-order valence-corrected chi connectivity index (χ0v) is 11.1. The minimum Gasteiger partial charge on any atom is -0.484 e. The summed E-state index contributed by atoms with van der Waals surface area (Å²) in [4.78, 5) is 11.4. The van der Waals surface area contributed by atoms with E-state index in [1.54, 1.807) is 19.1 Å². The topological polar surface area (TPSA) is 82.3 Å². The Balaban J connectivity index is 2.50. The Morgan fingerprint density at radius 1 is 1.58 bits per heavy atom. The highest BCUT2D eigenvalue weighted by molar-refractivity contribution is 5.77. The smallest absolute Gasteiger partial charge is 0.257 e. The second-order valence-corrected chi connectivity index (χ2v) is 4.25. The van der Waals surface area contributed by atoms with E-state index in [9.17, 15) is 9.90 Å². The van der Waals surface area contributed by atoms with E-state index < -0.39 is 6.10 Å². The number of hydrogen-bond donors (Lipinski definition) is 2. The lowest BCUT2D eigenvalue weighted by Crippen LogP contribution is -2.29. The van der Waals surface area contributed by atoms with Crippen molar-refractivity contribution in [2.75, 3.05) is 13.2 Å². The molecule has 0 radical (unpaired) electrons. The largest absolute Gasteiger partial charge is 0.484 e. The highest BCUT2D eigenvalue weighted by atomic mass is 16.5. The number of hydrogen-bond acceptors (Lipinski definition) is 4. The highest BCUT2D eigenvalue weighted by Crippen LogP contribution is 2.22. The van der Waals surface area contributed by atoms with Crippen molar-refractivity contribution in [3.8, 4) is 11.8 Å². The summed E-state index contributed by atoms with van der Waals surface area (Å²) in [7, 11) is 0. The van der Waals surface area contributed by atoms with Crippen LogP contribution >= 0.6 is 0 Å².